The molecule has 0 aromatic carbocycles. The molecule has 1 aromatic rings. The van der Waals surface area contributed by atoms with Crippen molar-refractivity contribution in [3.8, 4) is 0 Å². The number of carboxylic acid groups (broad SMARTS) is 1. The summed E-state index contributed by atoms with van der Waals surface area (Å²) < 4.78 is 4.08. The summed E-state index contributed by atoms with van der Waals surface area (Å²) in [5, 5.41) is 13.0. The summed E-state index contributed by atoms with van der Waals surface area (Å²) in [7, 11) is 0. The Hall–Kier alpha value is -0.750. The van der Waals surface area contributed by atoms with Gasteiger partial charge in [0, 0.05) is 11.8 Å². The van der Waals surface area contributed by atoms with Crippen molar-refractivity contribution in [3.05, 3.63) is 11.3 Å². The molecule has 0 saturated carbocycles. The SMILES string of the molecule is CCC(CSC)Nc1snc(C)c1C(=O)O. The second-order valence-corrected chi connectivity index (χ2v) is 5.17. The Bertz CT molecular complexity index is 366. The predicted molar refractivity (Wildman–Crippen MR) is 69.9 cm³/mol. The topological polar surface area (TPSA) is 62.2 Å². The van der Waals surface area contributed by atoms with E-state index >= 15 is 0 Å². The molecule has 0 aliphatic carbocycles. The molecule has 6 heteroatoms. The molecule has 90 valence electrons. The smallest absolute Gasteiger partial charge is 0.340 e. The van der Waals surface area contributed by atoms with Crippen molar-refractivity contribution in [1.82, 2.24) is 4.37 Å². The van der Waals surface area contributed by atoms with Crippen molar-refractivity contribution in [2.24, 2.45) is 0 Å². The van der Waals surface area contributed by atoms with Gasteiger partial charge in [-0.15, -0.1) is 0 Å². The number of aromatic carboxylic acids is 1. The fourth-order valence-corrected chi connectivity index (χ4v) is 2.95. The quantitative estimate of drug-likeness (QED) is 0.823. The molecule has 1 unspecified atom stereocenters. The zero-order valence-electron chi connectivity index (χ0n) is 9.61. The Morgan fingerprint density at radius 3 is 2.88 bits per heavy atom. The third-order valence-electron chi connectivity index (χ3n) is 2.27. The van der Waals surface area contributed by atoms with Gasteiger partial charge >= 0.3 is 5.97 Å². The van der Waals surface area contributed by atoms with Crippen LogP contribution >= 0.6 is 23.3 Å². The Balaban J connectivity index is 2.83. The molecule has 1 rings (SSSR count). The first-order valence-corrected chi connectivity index (χ1v) is 7.21. The molecule has 0 aliphatic heterocycles. The number of nitrogens with one attached hydrogen (secondary N) is 1. The second-order valence-electron chi connectivity index (χ2n) is 3.48. The van der Waals surface area contributed by atoms with Crippen molar-refractivity contribution in [1.29, 1.82) is 0 Å². The molecule has 1 aromatic heterocycles. The molecule has 2 N–H and O–H groups in total. The van der Waals surface area contributed by atoms with E-state index in [-0.39, 0.29) is 0 Å². The lowest BCUT2D eigenvalue weighted by Crippen LogP contribution is -2.21. The number of hydrogen-bond donors (Lipinski definition) is 2. The van der Waals surface area contributed by atoms with Crippen molar-refractivity contribution in [2.75, 3.05) is 17.3 Å². The number of hydrogen-bond acceptors (Lipinski definition) is 5. The van der Waals surface area contributed by atoms with Crippen molar-refractivity contribution in [2.45, 2.75) is 26.3 Å². The van der Waals surface area contributed by atoms with Gasteiger partial charge < -0.3 is 10.4 Å². The molecular weight excluding hydrogens is 244 g/mol. The van der Waals surface area contributed by atoms with Gasteiger partial charge in [-0.25, -0.2) is 4.79 Å². The lowest BCUT2D eigenvalue weighted by molar-refractivity contribution is 0.0697. The van der Waals surface area contributed by atoms with Gasteiger partial charge in [-0.05, 0) is 31.1 Å². The molecular formula is C10H16N2O2S2. The highest BCUT2D eigenvalue weighted by Crippen LogP contribution is 2.26. The van der Waals surface area contributed by atoms with Crippen LogP contribution in [0.2, 0.25) is 0 Å². The molecule has 16 heavy (non-hydrogen) atoms. The number of anilines is 1. The molecule has 1 atom stereocenters. The lowest BCUT2D eigenvalue weighted by atomic mass is 10.2. The van der Waals surface area contributed by atoms with Crippen LogP contribution in [0.15, 0.2) is 0 Å². The maximum Gasteiger partial charge on any atom is 0.340 e. The Morgan fingerprint density at radius 1 is 1.69 bits per heavy atom. The van der Waals surface area contributed by atoms with Gasteiger partial charge in [0.1, 0.15) is 10.6 Å². The summed E-state index contributed by atoms with van der Waals surface area (Å²) in [6.45, 7) is 3.81. The number of rotatable bonds is 6. The fourth-order valence-electron chi connectivity index (χ4n) is 1.37. The lowest BCUT2D eigenvalue weighted by Gasteiger charge is -2.15. The molecule has 0 radical (unpaired) electrons. The summed E-state index contributed by atoms with van der Waals surface area (Å²) in [4.78, 5) is 11.1. The first-order valence-electron chi connectivity index (χ1n) is 5.05. The normalized spacial score (nSPS) is 12.4. The van der Waals surface area contributed by atoms with Crippen molar-refractivity contribution < 1.29 is 9.90 Å². The standard InChI is InChI=1S/C10H16N2O2S2/c1-4-7(5-15-3)11-9-8(10(13)14)6(2)12-16-9/h7,11H,4-5H2,1-3H3,(H,13,14). The maximum absolute atomic E-state index is 11.1. The largest absolute Gasteiger partial charge is 0.478 e. The van der Waals surface area contributed by atoms with E-state index in [4.69, 9.17) is 5.11 Å². The van der Waals surface area contributed by atoms with E-state index in [1.54, 1.807) is 18.7 Å². The van der Waals surface area contributed by atoms with Crippen LogP contribution < -0.4 is 5.32 Å². The monoisotopic (exact) mass is 260 g/mol. The van der Waals surface area contributed by atoms with Gasteiger partial charge in [-0.3, -0.25) is 0 Å². The molecule has 0 fully saturated rings. The molecule has 0 saturated heterocycles. The second kappa shape index (κ2) is 6.10. The summed E-state index contributed by atoms with van der Waals surface area (Å²) in [6, 6.07) is 0.299. The molecule has 0 bridgehead atoms. The Morgan fingerprint density at radius 2 is 2.38 bits per heavy atom. The highest BCUT2D eigenvalue weighted by Gasteiger charge is 2.19. The minimum absolute atomic E-state index is 0.299. The minimum atomic E-state index is -0.909. The number of carbonyl (C=O) groups is 1. The summed E-state index contributed by atoms with van der Waals surface area (Å²) in [5.41, 5.74) is 0.892. The van der Waals surface area contributed by atoms with Crippen LogP contribution in [-0.4, -0.2) is 33.5 Å². The number of thioether (sulfide) groups is 1. The molecule has 0 amide bonds. The van der Waals surface area contributed by atoms with Crippen molar-refractivity contribution in [3.63, 3.8) is 0 Å². The number of aromatic nitrogens is 1. The highest BCUT2D eigenvalue weighted by molar-refractivity contribution is 7.98. The van der Waals surface area contributed by atoms with Crippen LogP contribution in [0.3, 0.4) is 0 Å². The Kier molecular flexibility index (Phi) is 5.08. The zero-order chi connectivity index (χ0) is 12.1. The summed E-state index contributed by atoms with van der Waals surface area (Å²) >= 11 is 2.97. The maximum atomic E-state index is 11.1. The first kappa shape index (κ1) is 13.3. The third-order valence-corrected chi connectivity index (χ3v) is 3.88. The molecule has 0 spiro atoms. The Labute approximate surface area is 104 Å². The first-order chi connectivity index (χ1) is 7.60. The number of aryl methyl sites for hydroxylation is 1. The number of carboxylic acids is 1. The van der Waals surface area contributed by atoms with Gasteiger partial charge in [0.2, 0.25) is 0 Å². The van der Waals surface area contributed by atoms with E-state index in [1.165, 1.54) is 11.5 Å². The summed E-state index contributed by atoms with van der Waals surface area (Å²) in [6.07, 6.45) is 3.01. The fraction of sp³-hybridized carbons (Fsp3) is 0.600. The molecule has 0 aliphatic rings. The van der Waals surface area contributed by atoms with Crippen LogP contribution in [0, 0.1) is 6.92 Å². The van der Waals surface area contributed by atoms with Crippen LogP contribution in [-0.2, 0) is 0 Å². The summed E-state index contributed by atoms with van der Waals surface area (Å²) in [5.74, 6) is 0.0553. The van der Waals surface area contributed by atoms with Gasteiger partial charge in [-0.1, -0.05) is 6.92 Å². The van der Waals surface area contributed by atoms with Crippen LogP contribution in [0.5, 0.6) is 0 Å². The highest BCUT2D eigenvalue weighted by atomic mass is 32.2. The average molecular weight is 260 g/mol. The third kappa shape index (κ3) is 3.12. The van der Waals surface area contributed by atoms with Gasteiger partial charge in [-0.2, -0.15) is 16.1 Å². The van der Waals surface area contributed by atoms with E-state index in [2.05, 4.69) is 16.6 Å². The average Bonchev–Trinajstić information content (AvgIpc) is 2.59. The van der Waals surface area contributed by atoms with E-state index < -0.39 is 5.97 Å². The van der Waals surface area contributed by atoms with Crippen LogP contribution in [0.25, 0.3) is 0 Å². The zero-order valence-corrected chi connectivity index (χ0v) is 11.2. The van der Waals surface area contributed by atoms with E-state index in [1.807, 2.05) is 6.26 Å². The molecule has 4 nitrogen and oxygen atoms in total. The minimum Gasteiger partial charge on any atom is -0.478 e. The van der Waals surface area contributed by atoms with Crippen molar-refractivity contribution >= 4 is 34.3 Å². The molecule has 1 heterocycles. The number of nitrogens with zero attached hydrogens (tertiary/aromatic N) is 1. The van der Waals surface area contributed by atoms with E-state index in [0.717, 1.165) is 12.2 Å². The van der Waals surface area contributed by atoms with Gasteiger partial charge in [0.05, 0.1) is 5.69 Å². The van der Waals surface area contributed by atoms with Crippen LogP contribution in [0.4, 0.5) is 5.00 Å². The van der Waals surface area contributed by atoms with E-state index in [9.17, 15) is 4.79 Å². The van der Waals surface area contributed by atoms with Gasteiger partial charge in [0.25, 0.3) is 0 Å². The van der Waals surface area contributed by atoms with Crippen LogP contribution in [0.1, 0.15) is 29.4 Å². The predicted octanol–water partition coefficient (Wildman–Crippen LogP) is 2.70. The van der Waals surface area contributed by atoms with Gasteiger partial charge in [0.15, 0.2) is 0 Å². The van der Waals surface area contributed by atoms with E-state index in [0.29, 0.717) is 22.3 Å².